The van der Waals surface area contributed by atoms with Gasteiger partial charge >= 0.3 is 0 Å². The van der Waals surface area contributed by atoms with Crippen LogP contribution in [0, 0.1) is 13.8 Å². The molecular weight excluding hydrogens is 432 g/mol. The van der Waals surface area contributed by atoms with E-state index in [9.17, 15) is 13.2 Å². The highest BCUT2D eigenvalue weighted by molar-refractivity contribution is 8.00. The average molecular weight is 457 g/mol. The van der Waals surface area contributed by atoms with Crippen molar-refractivity contribution < 1.29 is 17.9 Å². The molecular formula is C23H24N2O4S2. The van der Waals surface area contributed by atoms with E-state index in [0.717, 1.165) is 10.5 Å². The zero-order chi connectivity index (χ0) is 22.4. The quantitative estimate of drug-likeness (QED) is 0.474. The minimum Gasteiger partial charge on any atom is -0.495 e. The summed E-state index contributed by atoms with van der Waals surface area (Å²) in [5.41, 5.74) is 2.97. The van der Waals surface area contributed by atoms with Gasteiger partial charge in [-0.2, -0.15) is 0 Å². The van der Waals surface area contributed by atoms with E-state index in [-0.39, 0.29) is 16.6 Å². The van der Waals surface area contributed by atoms with Crippen molar-refractivity contribution >= 4 is 39.1 Å². The van der Waals surface area contributed by atoms with Crippen LogP contribution in [0.25, 0.3) is 0 Å². The standard InChI is InChI=1S/C23H24N2O4S2/c1-16-4-9-19(10-5-16)30-15-23(26)24-18-7-11-20(12-8-18)31(27,28)25-21-14-17(2)6-13-22(21)29-3/h4-14,25H,15H2,1-3H3,(H,24,26). The number of aryl methyl sites for hydroxylation is 2. The highest BCUT2D eigenvalue weighted by Crippen LogP contribution is 2.28. The number of carbonyl (C=O) groups excluding carboxylic acids is 1. The molecule has 0 bridgehead atoms. The molecule has 0 spiro atoms. The second-order valence-corrected chi connectivity index (χ2v) is 9.71. The van der Waals surface area contributed by atoms with Gasteiger partial charge in [-0.25, -0.2) is 8.42 Å². The van der Waals surface area contributed by atoms with Gasteiger partial charge < -0.3 is 10.1 Å². The predicted octanol–water partition coefficient (Wildman–Crippen LogP) is 4.84. The molecule has 3 aromatic carbocycles. The number of hydrogen-bond donors (Lipinski definition) is 2. The first-order valence-electron chi connectivity index (χ1n) is 9.54. The Morgan fingerprint density at radius 1 is 0.935 bits per heavy atom. The van der Waals surface area contributed by atoms with E-state index in [2.05, 4.69) is 10.0 Å². The van der Waals surface area contributed by atoms with Crippen LogP contribution in [0.1, 0.15) is 11.1 Å². The van der Waals surface area contributed by atoms with Crippen molar-refractivity contribution in [2.75, 3.05) is 22.9 Å². The van der Waals surface area contributed by atoms with Crippen LogP contribution in [0.5, 0.6) is 5.75 Å². The fourth-order valence-electron chi connectivity index (χ4n) is 2.80. The van der Waals surface area contributed by atoms with Gasteiger partial charge in [-0.3, -0.25) is 9.52 Å². The summed E-state index contributed by atoms with van der Waals surface area (Å²) in [5.74, 6) is 0.533. The molecule has 0 aliphatic heterocycles. The van der Waals surface area contributed by atoms with Crippen molar-refractivity contribution in [1.29, 1.82) is 0 Å². The molecule has 3 aromatic rings. The summed E-state index contributed by atoms with van der Waals surface area (Å²) >= 11 is 1.44. The fourth-order valence-corrected chi connectivity index (χ4v) is 4.56. The van der Waals surface area contributed by atoms with Crippen molar-refractivity contribution in [1.82, 2.24) is 0 Å². The van der Waals surface area contributed by atoms with Crippen LogP contribution < -0.4 is 14.8 Å². The zero-order valence-corrected chi connectivity index (χ0v) is 19.1. The third-order valence-electron chi connectivity index (χ3n) is 4.44. The maximum atomic E-state index is 12.7. The molecule has 3 rings (SSSR count). The predicted molar refractivity (Wildman–Crippen MR) is 126 cm³/mol. The number of carbonyl (C=O) groups is 1. The minimum absolute atomic E-state index is 0.0862. The Kier molecular flexibility index (Phi) is 7.25. The first-order chi connectivity index (χ1) is 14.8. The molecule has 0 heterocycles. The fraction of sp³-hybridized carbons (Fsp3) is 0.174. The smallest absolute Gasteiger partial charge is 0.262 e. The first-order valence-corrected chi connectivity index (χ1v) is 12.0. The number of hydrogen-bond acceptors (Lipinski definition) is 5. The second kappa shape index (κ2) is 9.89. The Bertz CT molecular complexity index is 1160. The Labute approximate surface area is 187 Å². The highest BCUT2D eigenvalue weighted by atomic mass is 32.2. The monoisotopic (exact) mass is 456 g/mol. The van der Waals surface area contributed by atoms with Gasteiger partial charge in [0, 0.05) is 10.6 Å². The van der Waals surface area contributed by atoms with Crippen LogP contribution in [0.4, 0.5) is 11.4 Å². The summed E-state index contributed by atoms with van der Waals surface area (Å²) in [5, 5.41) is 2.78. The van der Waals surface area contributed by atoms with Gasteiger partial charge in [0.25, 0.3) is 10.0 Å². The number of thioether (sulfide) groups is 1. The summed E-state index contributed by atoms with van der Waals surface area (Å²) in [6, 6.07) is 19.2. The van der Waals surface area contributed by atoms with E-state index >= 15 is 0 Å². The Hall–Kier alpha value is -2.97. The summed E-state index contributed by atoms with van der Waals surface area (Å²) < 4.78 is 33.3. The van der Waals surface area contributed by atoms with Crippen LogP contribution in [0.15, 0.2) is 76.5 Å². The van der Waals surface area contributed by atoms with Gasteiger partial charge in [-0.15, -0.1) is 11.8 Å². The summed E-state index contributed by atoms with van der Waals surface area (Å²) in [6.45, 7) is 3.88. The summed E-state index contributed by atoms with van der Waals surface area (Å²) in [7, 11) is -2.32. The van der Waals surface area contributed by atoms with Crippen LogP contribution in [-0.4, -0.2) is 27.2 Å². The first kappa shape index (κ1) is 22.7. The van der Waals surface area contributed by atoms with Crippen molar-refractivity contribution in [3.8, 4) is 5.75 Å². The maximum absolute atomic E-state index is 12.7. The van der Waals surface area contributed by atoms with E-state index in [1.165, 1.54) is 36.6 Å². The molecule has 31 heavy (non-hydrogen) atoms. The van der Waals surface area contributed by atoms with Gasteiger partial charge in [0.2, 0.25) is 5.91 Å². The molecule has 0 atom stereocenters. The zero-order valence-electron chi connectivity index (χ0n) is 17.5. The van der Waals surface area contributed by atoms with E-state index in [0.29, 0.717) is 17.1 Å². The van der Waals surface area contributed by atoms with Crippen molar-refractivity contribution in [2.45, 2.75) is 23.6 Å². The van der Waals surface area contributed by atoms with E-state index < -0.39 is 10.0 Å². The molecule has 1 amide bonds. The Balaban J connectivity index is 1.63. The third-order valence-corrected chi connectivity index (χ3v) is 6.83. The third kappa shape index (κ3) is 6.26. The van der Waals surface area contributed by atoms with Gasteiger partial charge in [0.1, 0.15) is 5.75 Å². The van der Waals surface area contributed by atoms with E-state index in [4.69, 9.17) is 4.74 Å². The number of benzene rings is 3. The average Bonchev–Trinajstić information content (AvgIpc) is 2.74. The lowest BCUT2D eigenvalue weighted by atomic mass is 10.2. The molecule has 6 nitrogen and oxygen atoms in total. The normalized spacial score (nSPS) is 11.1. The van der Waals surface area contributed by atoms with Crippen LogP contribution in [0.3, 0.4) is 0 Å². The molecule has 0 fully saturated rings. The molecule has 0 unspecified atom stereocenters. The molecule has 0 aromatic heterocycles. The van der Waals surface area contributed by atoms with Crippen molar-refractivity contribution in [3.63, 3.8) is 0 Å². The number of amides is 1. The molecule has 0 saturated heterocycles. The van der Waals surface area contributed by atoms with Gasteiger partial charge in [0.05, 0.1) is 23.4 Å². The van der Waals surface area contributed by atoms with Gasteiger partial charge in [-0.1, -0.05) is 23.8 Å². The largest absolute Gasteiger partial charge is 0.495 e. The van der Waals surface area contributed by atoms with Crippen LogP contribution in [-0.2, 0) is 14.8 Å². The van der Waals surface area contributed by atoms with E-state index in [1.807, 2.05) is 44.2 Å². The molecule has 162 valence electrons. The number of anilines is 2. The van der Waals surface area contributed by atoms with E-state index in [1.54, 1.807) is 24.3 Å². The van der Waals surface area contributed by atoms with Crippen molar-refractivity contribution in [2.24, 2.45) is 0 Å². The van der Waals surface area contributed by atoms with Crippen LogP contribution in [0.2, 0.25) is 0 Å². The number of rotatable bonds is 8. The second-order valence-electron chi connectivity index (χ2n) is 6.98. The molecule has 0 radical (unpaired) electrons. The Morgan fingerprint density at radius 3 is 2.23 bits per heavy atom. The number of ether oxygens (including phenoxy) is 1. The molecule has 0 aliphatic carbocycles. The van der Waals surface area contributed by atoms with Gasteiger partial charge in [0.15, 0.2) is 0 Å². The summed E-state index contributed by atoms with van der Waals surface area (Å²) in [4.78, 5) is 13.3. The van der Waals surface area contributed by atoms with Crippen LogP contribution >= 0.6 is 11.8 Å². The SMILES string of the molecule is COc1ccc(C)cc1NS(=O)(=O)c1ccc(NC(=O)CSc2ccc(C)cc2)cc1. The van der Waals surface area contributed by atoms with Gasteiger partial charge in [-0.05, 0) is 67.9 Å². The lowest BCUT2D eigenvalue weighted by molar-refractivity contribution is -0.113. The number of methoxy groups -OCH3 is 1. The topological polar surface area (TPSA) is 84.5 Å². The number of sulfonamides is 1. The highest BCUT2D eigenvalue weighted by Gasteiger charge is 2.17. The Morgan fingerprint density at radius 2 is 1.58 bits per heavy atom. The lowest BCUT2D eigenvalue weighted by Gasteiger charge is -2.13. The molecule has 8 heteroatoms. The minimum atomic E-state index is -3.80. The molecule has 0 aliphatic rings. The number of nitrogens with one attached hydrogen (secondary N) is 2. The van der Waals surface area contributed by atoms with Crippen molar-refractivity contribution in [3.05, 3.63) is 77.9 Å². The molecule has 2 N–H and O–H groups in total. The summed E-state index contributed by atoms with van der Waals surface area (Å²) in [6.07, 6.45) is 0. The lowest BCUT2D eigenvalue weighted by Crippen LogP contribution is -2.15. The molecule has 0 saturated carbocycles. The maximum Gasteiger partial charge on any atom is 0.262 e.